The number of likely N-dealkylation sites (N-methyl/N-ethyl adjacent to an activating group) is 2. The number of fused-ring (bicyclic) bond motifs is 1. The van der Waals surface area contributed by atoms with Crippen molar-refractivity contribution in [1.29, 1.82) is 0 Å². The highest BCUT2D eigenvalue weighted by Gasteiger charge is 2.23. The van der Waals surface area contributed by atoms with Gasteiger partial charge in [-0.2, -0.15) is 0 Å². The Morgan fingerprint density at radius 1 is 1.15 bits per heavy atom. The molecule has 3 aromatic rings. The van der Waals surface area contributed by atoms with E-state index in [0.717, 1.165) is 31.5 Å². The van der Waals surface area contributed by atoms with E-state index in [-0.39, 0.29) is 11.9 Å². The van der Waals surface area contributed by atoms with Gasteiger partial charge < -0.3 is 20.1 Å². The lowest BCUT2D eigenvalue weighted by Gasteiger charge is -2.33. The number of benzene rings is 2. The SMILES string of the molecule is C=Cc1ccc(C(=O)NC(Cc2cn(C)c3ccccc23)CN(C)C(CNC)CC(C)C)cc1. The van der Waals surface area contributed by atoms with Crippen molar-refractivity contribution in [1.82, 2.24) is 20.1 Å². The van der Waals surface area contributed by atoms with Crippen LogP contribution >= 0.6 is 0 Å². The summed E-state index contributed by atoms with van der Waals surface area (Å²) >= 11 is 0. The number of aryl methyl sites for hydroxylation is 1. The van der Waals surface area contributed by atoms with Crippen molar-refractivity contribution in [2.45, 2.75) is 38.8 Å². The van der Waals surface area contributed by atoms with Gasteiger partial charge in [0.05, 0.1) is 0 Å². The second-order valence-corrected chi connectivity index (χ2v) is 9.76. The summed E-state index contributed by atoms with van der Waals surface area (Å²) in [5, 5.41) is 7.93. The first-order chi connectivity index (χ1) is 16.3. The Bertz CT molecular complexity index is 1080. The number of carbonyl (C=O) groups excluding carboxylic acids is 1. The Labute approximate surface area is 204 Å². The number of rotatable bonds is 12. The first-order valence-electron chi connectivity index (χ1n) is 12.2. The number of nitrogens with one attached hydrogen (secondary N) is 2. The highest BCUT2D eigenvalue weighted by Crippen LogP contribution is 2.22. The summed E-state index contributed by atoms with van der Waals surface area (Å²) in [4.78, 5) is 15.6. The summed E-state index contributed by atoms with van der Waals surface area (Å²) < 4.78 is 2.17. The minimum absolute atomic E-state index is 0.0195. The van der Waals surface area contributed by atoms with Gasteiger partial charge >= 0.3 is 0 Å². The molecule has 3 rings (SSSR count). The van der Waals surface area contributed by atoms with E-state index in [2.05, 4.69) is 85.1 Å². The maximum absolute atomic E-state index is 13.2. The van der Waals surface area contributed by atoms with E-state index >= 15 is 0 Å². The van der Waals surface area contributed by atoms with Crippen molar-refractivity contribution in [3.8, 4) is 0 Å². The quantitative estimate of drug-likeness (QED) is 0.411. The topological polar surface area (TPSA) is 49.3 Å². The molecule has 5 heteroatoms. The molecule has 0 bridgehead atoms. The van der Waals surface area contributed by atoms with Crippen LogP contribution in [0.25, 0.3) is 17.0 Å². The van der Waals surface area contributed by atoms with Crippen LogP contribution in [0.5, 0.6) is 0 Å². The number of hydrogen-bond acceptors (Lipinski definition) is 3. The van der Waals surface area contributed by atoms with Crippen molar-refractivity contribution in [3.05, 3.63) is 78.0 Å². The Kier molecular flexibility index (Phi) is 9.08. The molecule has 0 saturated carbocycles. The van der Waals surface area contributed by atoms with Gasteiger partial charge in [-0.05, 0) is 62.2 Å². The molecule has 0 aliphatic heterocycles. The summed E-state index contributed by atoms with van der Waals surface area (Å²) in [5.41, 5.74) is 4.15. The highest BCUT2D eigenvalue weighted by atomic mass is 16.1. The van der Waals surface area contributed by atoms with Gasteiger partial charge in [0.2, 0.25) is 0 Å². The smallest absolute Gasteiger partial charge is 0.251 e. The summed E-state index contributed by atoms with van der Waals surface area (Å²) in [7, 11) is 6.26. The number of carbonyl (C=O) groups is 1. The van der Waals surface area contributed by atoms with Crippen molar-refractivity contribution >= 4 is 22.9 Å². The molecule has 1 amide bonds. The van der Waals surface area contributed by atoms with Gasteiger partial charge in [0.25, 0.3) is 5.91 Å². The average molecular weight is 461 g/mol. The van der Waals surface area contributed by atoms with Crippen LogP contribution in [0.4, 0.5) is 0 Å². The van der Waals surface area contributed by atoms with Gasteiger partial charge in [0.1, 0.15) is 0 Å². The monoisotopic (exact) mass is 460 g/mol. The van der Waals surface area contributed by atoms with Crippen LogP contribution in [0.3, 0.4) is 0 Å². The van der Waals surface area contributed by atoms with Crippen molar-refractivity contribution in [3.63, 3.8) is 0 Å². The molecule has 2 unspecified atom stereocenters. The van der Waals surface area contributed by atoms with Crippen molar-refractivity contribution in [2.24, 2.45) is 13.0 Å². The second-order valence-electron chi connectivity index (χ2n) is 9.76. The zero-order valence-electron chi connectivity index (χ0n) is 21.3. The van der Waals surface area contributed by atoms with Crippen LogP contribution in [0.1, 0.15) is 41.8 Å². The standard InChI is InChI=1S/C29H40N4O/c1-7-22-12-14-23(15-13-22)29(34)31-25(20-32(5)26(18-30-4)16-21(2)3)17-24-19-33(6)28-11-9-8-10-27(24)28/h7-15,19,21,25-26,30H,1,16-18,20H2,2-6H3,(H,31,34). The third kappa shape index (κ3) is 6.58. The molecule has 34 heavy (non-hydrogen) atoms. The molecule has 5 nitrogen and oxygen atoms in total. The Hall–Kier alpha value is -2.89. The number of hydrogen-bond donors (Lipinski definition) is 2. The summed E-state index contributed by atoms with van der Waals surface area (Å²) in [6, 6.07) is 16.4. The normalized spacial score (nSPS) is 13.4. The van der Waals surface area contributed by atoms with Crippen molar-refractivity contribution in [2.75, 3.05) is 27.2 Å². The molecular formula is C29H40N4O. The van der Waals surface area contributed by atoms with Crippen molar-refractivity contribution < 1.29 is 4.79 Å². The number of aromatic nitrogens is 1. The maximum atomic E-state index is 13.2. The number of para-hydroxylation sites is 1. The molecule has 0 saturated heterocycles. The lowest BCUT2D eigenvalue weighted by atomic mass is 10.00. The number of amides is 1. The molecule has 182 valence electrons. The third-order valence-corrected chi connectivity index (χ3v) is 6.50. The maximum Gasteiger partial charge on any atom is 0.251 e. The molecule has 0 fully saturated rings. The summed E-state index contributed by atoms with van der Waals surface area (Å²) in [6.45, 7) is 10.0. The summed E-state index contributed by atoms with van der Waals surface area (Å²) in [5.74, 6) is 0.568. The minimum atomic E-state index is -0.0386. The molecule has 0 spiro atoms. The number of nitrogens with zero attached hydrogens (tertiary/aromatic N) is 2. The van der Waals surface area contributed by atoms with Crippen LogP contribution in [-0.2, 0) is 13.5 Å². The third-order valence-electron chi connectivity index (χ3n) is 6.50. The predicted octanol–water partition coefficient (Wildman–Crippen LogP) is 4.73. The van der Waals surface area contributed by atoms with E-state index in [0.29, 0.717) is 17.5 Å². The van der Waals surface area contributed by atoms with Gasteiger partial charge in [0, 0.05) is 54.9 Å². The average Bonchev–Trinajstić information content (AvgIpc) is 3.13. The Morgan fingerprint density at radius 2 is 1.85 bits per heavy atom. The molecule has 2 N–H and O–H groups in total. The van der Waals surface area contributed by atoms with Gasteiger partial charge in [-0.15, -0.1) is 0 Å². The molecule has 1 aromatic heterocycles. The minimum Gasteiger partial charge on any atom is -0.350 e. The fourth-order valence-corrected chi connectivity index (χ4v) is 4.75. The predicted molar refractivity (Wildman–Crippen MR) is 144 cm³/mol. The molecular weight excluding hydrogens is 420 g/mol. The lowest BCUT2D eigenvalue weighted by molar-refractivity contribution is 0.0918. The van der Waals surface area contributed by atoms with E-state index in [4.69, 9.17) is 0 Å². The molecule has 0 radical (unpaired) electrons. The van der Waals surface area contributed by atoms with Crippen LogP contribution in [0, 0.1) is 5.92 Å². The van der Waals surface area contributed by atoms with E-state index in [1.807, 2.05) is 31.3 Å². The van der Waals surface area contributed by atoms with E-state index in [9.17, 15) is 4.79 Å². The fraction of sp³-hybridized carbons (Fsp3) is 0.414. The molecule has 2 aromatic carbocycles. The first kappa shape index (κ1) is 25.7. The fourth-order valence-electron chi connectivity index (χ4n) is 4.75. The first-order valence-corrected chi connectivity index (χ1v) is 12.2. The van der Waals surface area contributed by atoms with Crippen LogP contribution in [-0.4, -0.2) is 54.6 Å². The van der Waals surface area contributed by atoms with E-state index < -0.39 is 0 Å². The van der Waals surface area contributed by atoms with Gasteiger partial charge in [-0.25, -0.2) is 0 Å². The zero-order valence-corrected chi connectivity index (χ0v) is 21.3. The van der Waals surface area contributed by atoms with E-state index in [1.54, 1.807) is 6.08 Å². The van der Waals surface area contributed by atoms with Gasteiger partial charge in [-0.1, -0.05) is 56.8 Å². The summed E-state index contributed by atoms with van der Waals surface area (Å²) in [6.07, 6.45) is 5.86. The van der Waals surface area contributed by atoms with Crippen LogP contribution < -0.4 is 10.6 Å². The zero-order chi connectivity index (χ0) is 24.7. The van der Waals surface area contributed by atoms with Gasteiger partial charge in [0.15, 0.2) is 0 Å². The van der Waals surface area contributed by atoms with Gasteiger partial charge in [-0.3, -0.25) is 4.79 Å². The Morgan fingerprint density at radius 3 is 2.50 bits per heavy atom. The molecule has 2 atom stereocenters. The Balaban J connectivity index is 1.84. The van der Waals surface area contributed by atoms with Crippen LogP contribution in [0.15, 0.2) is 61.3 Å². The highest BCUT2D eigenvalue weighted by molar-refractivity contribution is 5.94. The molecule has 0 aliphatic carbocycles. The van der Waals surface area contributed by atoms with E-state index in [1.165, 1.54) is 16.5 Å². The largest absolute Gasteiger partial charge is 0.350 e. The lowest BCUT2D eigenvalue weighted by Crippen LogP contribution is -2.49. The molecule has 0 aliphatic rings. The molecule has 1 heterocycles. The van der Waals surface area contributed by atoms with Crippen LogP contribution in [0.2, 0.25) is 0 Å². The second kappa shape index (κ2) is 12.0.